The van der Waals surface area contributed by atoms with Gasteiger partial charge in [-0.1, -0.05) is 17.9 Å². The standard InChI is InChI=1S/C11H12N2O4S/c12-11(15)8-13-18(16,17)10-5-1-3-9(7-10)4-2-6-14/h1,3,5,7,13-14H,6,8H2,(H2,12,15). The van der Waals surface area contributed by atoms with Crippen LogP contribution >= 0.6 is 0 Å². The molecule has 1 aromatic rings. The Morgan fingerprint density at radius 2 is 2.17 bits per heavy atom. The minimum absolute atomic E-state index is 0.0199. The summed E-state index contributed by atoms with van der Waals surface area (Å²) in [5, 5.41) is 8.55. The highest BCUT2D eigenvalue weighted by Crippen LogP contribution is 2.10. The zero-order valence-corrected chi connectivity index (χ0v) is 10.2. The molecule has 0 aromatic heterocycles. The van der Waals surface area contributed by atoms with Crippen LogP contribution in [0, 0.1) is 11.8 Å². The van der Waals surface area contributed by atoms with Crippen LogP contribution in [0.2, 0.25) is 0 Å². The Morgan fingerprint density at radius 3 is 2.78 bits per heavy atom. The fourth-order valence-corrected chi connectivity index (χ4v) is 2.17. The SMILES string of the molecule is NC(=O)CNS(=O)(=O)c1cccc(C#CCO)c1. The van der Waals surface area contributed by atoms with Gasteiger partial charge in [-0.2, -0.15) is 0 Å². The van der Waals surface area contributed by atoms with Gasteiger partial charge in [0.15, 0.2) is 0 Å². The Bertz CT molecular complexity index is 599. The van der Waals surface area contributed by atoms with E-state index in [0.717, 1.165) is 0 Å². The first-order chi connectivity index (χ1) is 8.45. The fraction of sp³-hybridized carbons (Fsp3) is 0.182. The lowest BCUT2D eigenvalue weighted by molar-refractivity contribution is -0.116. The van der Waals surface area contributed by atoms with Crippen LogP contribution in [-0.2, 0) is 14.8 Å². The first kappa shape index (κ1) is 14.2. The molecular weight excluding hydrogens is 256 g/mol. The predicted octanol–water partition coefficient (Wildman–Crippen LogP) is -1.21. The van der Waals surface area contributed by atoms with E-state index in [1.807, 2.05) is 0 Å². The number of primary amides is 1. The quantitative estimate of drug-likeness (QED) is 0.595. The molecule has 7 heteroatoms. The molecule has 0 aliphatic rings. The van der Waals surface area contributed by atoms with Gasteiger partial charge >= 0.3 is 0 Å². The Kier molecular flexibility index (Phi) is 4.85. The maximum Gasteiger partial charge on any atom is 0.241 e. The highest BCUT2D eigenvalue weighted by molar-refractivity contribution is 7.89. The van der Waals surface area contributed by atoms with Crippen LogP contribution in [0.5, 0.6) is 0 Å². The first-order valence-corrected chi connectivity index (χ1v) is 6.42. The maximum absolute atomic E-state index is 11.7. The molecule has 18 heavy (non-hydrogen) atoms. The van der Waals surface area contributed by atoms with E-state index in [4.69, 9.17) is 10.8 Å². The fourth-order valence-electron chi connectivity index (χ4n) is 1.13. The molecule has 0 saturated carbocycles. The monoisotopic (exact) mass is 268 g/mol. The van der Waals surface area contributed by atoms with E-state index >= 15 is 0 Å². The summed E-state index contributed by atoms with van der Waals surface area (Å²) in [6.07, 6.45) is 0. The summed E-state index contributed by atoms with van der Waals surface area (Å²) >= 11 is 0. The van der Waals surface area contributed by atoms with E-state index < -0.39 is 22.5 Å². The molecule has 6 nitrogen and oxygen atoms in total. The Morgan fingerprint density at radius 1 is 1.44 bits per heavy atom. The summed E-state index contributed by atoms with van der Waals surface area (Å²) in [4.78, 5) is 10.5. The van der Waals surface area contributed by atoms with Crippen molar-refractivity contribution in [1.82, 2.24) is 4.72 Å². The number of carbonyl (C=O) groups is 1. The molecule has 96 valence electrons. The van der Waals surface area contributed by atoms with Crippen molar-refractivity contribution in [3.63, 3.8) is 0 Å². The van der Waals surface area contributed by atoms with Gasteiger partial charge in [-0.05, 0) is 18.2 Å². The highest BCUT2D eigenvalue weighted by Gasteiger charge is 2.14. The number of carbonyl (C=O) groups excluding carboxylic acids is 1. The van der Waals surface area contributed by atoms with Gasteiger partial charge in [0.1, 0.15) is 6.61 Å². The van der Waals surface area contributed by atoms with E-state index in [2.05, 4.69) is 16.6 Å². The van der Waals surface area contributed by atoms with Crippen LogP contribution in [0.1, 0.15) is 5.56 Å². The van der Waals surface area contributed by atoms with Crippen molar-refractivity contribution in [3.8, 4) is 11.8 Å². The molecule has 1 aromatic carbocycles. The molecule has 0 aliphatic carbocycles. The van der Waals surface area contributed by atoms with Gasteiger partial charge in [0, 0.05) is 5.56 Å². The van der Waals surface area contributed by atoms with Gasteiger partial charge in [-0.25, -0.2) is 13.1 Å². The van der Waals surface area contributed by atoms with Crippen LogP contribution in [0.15, 0.2) is 29.2 Å². The number of nitrogens with one attached hydrogen (secondary N) is 1. The largest absolute Gasteiger partial charge is 0.384 e. The highest BCUT2D eigenvalue weighted by atomic mass is 32.2. The summed E-state index contributed by atoms with van der Waals surface area (Å²) in [5.74, 6) is 4.23. The van der Waals surface area contributed by atoms with Gasteiger partial charge in [-0.3, -0.25) is 4.79 Å². The zero-order chi connectivity index (χ0) is 13.6. The summed E-state index contributed by atoms with van der Waals surface area (Å²) in [6.45, 7) is -0.772. The van der Waals surface area contributed by atoms with Crippen LogP contribution in [0.4, 0.5) is 0 Å². The molecule has 0 bridgehead atoms. The van der Waals surface area contributed by atoms with Gasteiger partial charge in [0.2, 0.25) is 15.9 Å². The average Bonchev–Trinajstić information content (AvgIpc) is 2.34. The van der Waals surface area contributed by atoms with Gasteiger partial charge in [-0.15, -0.1) is 0 Å². The van der Waals surface area contributed by atoms with Crippen molar-refractivity contribution in [3.05, 3.63) is 29.8 Å². The second-order valence-corrected chi connectivity index (χ2v) is 5.05. The molecule has 0 radical (unpaired) electrons. The Hall–Kier alpha value is -1.88. The van der Waals surface area contributed by atoms with Crippen LogP contribution in [-0.4, -0.2) is 32.6 Å². The average molecular weight is 268 g/mol. The lowest BCUT2D eigenvalue weighted by Crippen LogP contribution is -2.33. The normalized spacial score (nSPS) is 10.5. The van der Waals surface area contributed by atoms with Gasteiger partial charge in [0.05, 0.1) is 11.4 Å². The van der Waals surface area contributed by atoms with Crippen LogP contribution < -0.4 is 10.5 Å². The van der Waals surface area contributed by atoms with E-state index in [-0.39, 0.29) is 11.5 Å². The van der Waals surface area contributed by atoms with Gasteiger partial charge in [0.25, 0.3) is 0 Å². The number of amides is 1. The second-order valence-electron chi connectivity index (χ2n) is 3.28. The third kappa shape index (κ3) is 4.18. The number of hydrogen-bond acceptors (Lipinski definition) is 4. The smallest absolute Gasteiger partial charge is 0.241 e. The molecular formula is C11H12N2O4S. The summed E-state index contributed by atoms with van der Waals surface area (Å²) < 4.78 is 25.6. The molecule has 4 N–H and O–H groups in total. The molecule has 0 aliphatic heterocycles. The topological polar surface area (TPSA) is 109 Å². The van der Waals surface area contributed by atoms with Crippen molar-refractivity contribution in [1.29, 1.82) is 0 Å². The maximum atomic E-state index is 11.7. The van der Waals surface area contributed by atoms with Crippen molar-refractivity contribution in [2.75, 3.05) is 13.2 Å². The van der Waals surface area contributed by atoms with Crippen molar-refractivity contribution >= 4 is 15.9 Å². The molecule has 0 unspecified atom stereocenters. The van der Waals surface area contributed by atoms with E-state index in [9.17, 15) is 13.2 Å². The Labute approximate surface area is 105 Å². The van der Waals surface area contributed by atoms with E-state index in [1.54, 1.807) is 6.07 Å². The van der Waals surface area contributed by atoms with Crippen molar-refractivity contribution < 1.29 is 18.3 Å². The molecule has 0 heterocycles. The molecule has 1 amide bonds. The lowest BCUT2D eigenvalue weighted by atomic mass is 10.2. The number of nitrogens with two attached hydrogens (primary N) is 1. The Balaban J connectivity index is 2.98. The predicted molar refractivity (Wildman–Crippen MR) is 64.8 cm³/mol. The number of sulfonamides is 1. The van der Waals surface area contributed by atoms with E-state index in [1.165, 1.54) is 18.2 Å². The molecule has 0 spiro atoms. The number of benzene rings is 1. The lowest BCUT2D eigenvalue weighted by Gasteiger charge is -2.04. The van der Waals surface area contributed by atoms with Crippen LogP contribution in [0.25, 0.3) is 0 Å². The molecule has 0 atom stereocenters. The third-order valence-electron chi connectivity index (χ3n) is 1.89. The van der Waals surface area contributed by atoms with Crippen molar-refractivity contribution in [2.24, 2.45) is 5.73 Å². The van der Waals surface area contributed by atoms with Crippen molar-refractivity contribution in [2.45, 2.75) is 4.90 Å². The second kappa shape index (κ2) is 6.16. The zero-order valence-electron chi connectivity index (χ0n) is 9.38. The summed E-state index contributed by atoms with van der Waals surface area (Å²) in [5.41, 5.74) is 5.31. The number of rotatable bonds is 4. The molecule has 0 saturated heterocycles. The van der Waals surface area contributed by atoms with Crippen LogP contribution in [0.3, 0.4) is 0 Å². The van der Waals surface area contributed by atoms with Gasteiger partial charge < -0.3 is 10.8 Å². The minimum atomic E-state index is -3.78. The number of aliphatic hydroxyl groups is 1. The minimum Gasteiger partial charge on any atom is -0.384 e. The van der Waals surface area contributed by atoms with E-state index in [0.29, 0.717) is 5.56 Å². The third-order valence-corrected chi connectivity index (χ3v) is 3.29. The summed E-state index contributed by atoms with van der Waals surface area (Å²) in [7, 11) is -3.78. The first-order valence-electron chi connectivity index (χ1n) is 4.93. The number of hydrogen-bond donors (Lipinski definition) is 3. The number of aliphatic hydroxyl groups excluding tert-OH is 1. The molecule has 1 rings (SSSR count). The summed E-state index contributed by atoms with van der Waals surface area (Å²) in [6, 6.07) is 5.83. The molecule has 0 fully saturated rings.